The average molecular weight is 447 g/mol. The summed E-state index contributed by atoms with van der Waals surface area (Å²) in [7, 11) is 0. The van der Waals surface area contributed by atoms with E-state index in [4.69, 9.17) is 4.74 Å². The van der Waals surface area contributed by atoms with Crippen LogP contribution in [0.5, 0.6) is 11.5 Å². The molecule has 3 nitrogen and oxygen atoms in total. The summed E-state index contributed by atoms with van der Waals surface area (Å²) in [6.45, 7) is 2.14. The molecule has 7 heteroatoms. The molecule has 0 aromatic heterocycles. The summed E-state index contributed by atoms with van der Waals surface area (Å²) in [4.78, 5) is 1.74. The number of para-hydroxylation sites is 1. The van der Waals surface area contributed by atoms with Gasteiger partial charge in [0, 0.05) is 30.4 Å². The van der Waals surface area contributed by atoms with Gasteiger partial charge in [-0.2, -0.15) is 13.2 Å². The Labute approximate surface area is 184 Å². The van der Waals surface area contributed by atoms with Crippen molar-refractivity contribution < 1.29 is 27.4 Å². The highest BCUT2D eigenvalue weighted by atomic mass is 19.4. The lowest BCUT2D eigenvalue weighted by atomic mass is 10.1. The first-order valence-electron chi connectivity index (χ1n) is 10.4. The summed E-state index contributed by atoms with van der Waals surface area (Å²) in [5, 5.41) is 10.4. The normalized spacial score (nSPS) is 12.4. The van der Waals surface area contributed by atoms with Crippen LogP contribution in [0.3, 0.4) is 0 Å². The first kappa shape index (κ1) is 23.6. The van der Waals surface area contributed by atoms with Crippen LogP contribution in [0.1, 0.15) is 30.9 Å². The number of aliphatic hydroxyl groups excluding tert-OH is 1. The van der Waals surface area contributed by atoms with Crippen molar-refractivity contribution in [1.82, 2.24) is 0 Å². The molecule has 0 saturated heterocycles. The number of alkyl halides is 3. The van der Waals surface area contributed by atoms with E-state index in [1.54, 1.807) is 29.2 Å². The number of nitrogens with zero attached hydrogens (tertiary/aromatic N) is 1. The fourth-order valence-electron chi connectivity index (χ4n) is 3.37. The average Bonchev–Trinajstić information content (AvgIpc) is 2.75. The zero-order valence-electron chi connectivity index (χ0n) is 17.6. The number of aliphatic hydroxyl groups is 1. The van der Waals surface area contributed by atoms with E-state index in [0.717, 1.165) is 18.6 Å². The number of hydrogen-bond acceptors (Lipinski definition) is 3. The van der Waals surface area contributed by atoms with E-state index in [9.17, 15) is 22.7 Å². The smallest absolute Gasteiger partial charge is 0.416 e. The van der Waals surface area contributed by atoms with Crippen molar-refractivity contribution in [2.75, 3.05) is 11.4 Å². The van der Waals surface area contributed by atoms with Gasteiger partial charge in [0.15, 0.2) is 0 Å². The lowest BCUT2D eigenvalue weighted by molar-refractivity contribution is -0.137. The molecule has 0 heterocycles. The van der Waals surface area contributed by atoms with Gasteiger partial charge < -0.3 is 14.7 Å². The van der Waals surface area contributed by atoms with Gasteiger partial charge >= 0.3 is 6.18 Å². The second-order valence-electron chi connectivity index (χ2n) is 7.54. The zero-order chi connectivity index (χ0) is 23.1. The Balaban J connectivity index is 1.87. The minimum Gasteiger partial charge on any atom is -0.457 e. The van der Waals surface area contributed by atoms with Crippen LogP contribution < -0.4 is 9.64 Å². The van der Waals surface area contributed by atoms with Gasteiger partial charge in [-0.05, 0) is 42.8 Å². The molecule has 3 rings (SSSR count). The van der Waals surface area contributed by atoms with Gasteiger partial charge in [-0.1, -0.05) is 43.7 Å². The fraction of sp³-hybridized carbons (Fsp3) is 0.280. The molecule has 170 valence electrons. The molecule has 0 bridgehead atoms. The van der Waals surface area contributed by atoms with Crippen LogP contribution in [0.2, 0.25) is 0 Å². The standard InChI is InChI=1S/C25H25F4NO2/c1-2-7-21(31)17-30(16-18-12-13-19(14-24(18)26)25(27,28)29)20-8-6-11-23(15-20)32-22-9-4-3-5-10-22/h3-6,8-15,21,31H,2,7,16-17H2,1H3. The third-order valence-electron chi connectivity index (χ3n) is 4.96. The van der Waals surface area contributed by atoms with Crippen molar-refractivity contribution in [3.05, 3.63) is 89.7 Å². The number of benzene rings is 3. The lowest BCUT2D eigenvalue weighted by Crippen LogP contribution is -2.32. The number of hydrogen-bond donors (Lipinski definition) is 1. The third kappa shape index (κ3) is 6.47. The van der Waals surface area contributed by atoms with Crippen molar-refractivity contribution in [2.24, 2.45) is 0 Å². The van der Waals surface area contributed by atoms with Crippen LogP contribution in [0, 0.1) is 5.82 Å². The Hall–Kier alpha value is -3.06. The van der Waals surface area contributed by atoms with Crippen molar-refractivity contribution in [3.63, 3.8) is 0 Å². The van der Waals surface area contributed by atoms with Gasteiger partial charge in [-0.3, -0.25) is 0 Å². The highest BCUT2D eigenvalue weighted by Gasteiger charge is 2.31. The number of halogens is 4. The van der Waals surface area contributed by atoms with Crippen LogP contribution in [-0.2, 0) is 12.7 Å². The predicted molar refractivity (Wildman–Crippen MR) is 116 cm³/mol. The molecule has 0 radical (unpaired) electrons. The minimum absolute atomic E-state index is 0.000461. The van der Waals surface area contributed by atoms with Crippen LogP contribution in [0.15, 0.2) is 72.8 Å². The Kier molecular flexibility index (Phi) is 7.75. The molecule has 0 aliphatic rings. The second kappa shape index (κ2) is 10.5. The molecule has 0 amide bonds. The SMILES string of the molecule is CCCC(O)CN(Cc1ccc(C(F)(F)F)cc1F)c1cccc(Oc2ccccc2)c1. The lowest BCUT2D eigenvalue weighted by Gasteiger charge is -2.28. The first-order chi connectivity index (χ1) is 15.3. The molecular formula is C25H25F4NO2. The maximum atomic E-state index is 14.5. The fourth-order valence-corrected chi connectivity index (χ4v) is 3.37. The summed E-state index contributed by atoms with van der Waals surface area (Å²) in [6, 6.07) is 18.8. The molecular weight excluding hydrogens is 422 g/mol. The van der Waals surface area contributed by atoms with E-state index in [-0.39, 0.29) is 18.7 Å². The van der Waals surface area contributed by atoms with E-state index in [1.807, 2.05) is 37.3 Å². The molecule has 1 unspecified atom stereocenters. The van der Waals surface area contributed by atoms with E-state index >= 15 is 0 Å². The quantitative estimate of drug-likeness (QED) is 0.366. The maximum Gasteiger partial charge on any atom is 0.416 e. The summed E-state index contributed by atoms with van der Waals surface area (Å²) in [5.74, 6) is 0.263. The van der Waals surface area contributed by atoms with Crippen molar-refractivity contribution in [2.45, 2.75) is 38.6 Å². The van der Waals surface area contributed by atoms with E-state index in [2.05, 4.69) is 0 Å². The third-order valence-corrected chi connectivity index (χ3v) is 4.96. The Bertz CT molecular complexity index is 1010. The van der Waals surface area contributed by atoms with Crippen LogP contribution >= 0.6 is 0 Å². The van der Waals surface area contributed by atoms with Gasteiger partial charge in [0.25, 0.3) is 0 Å². The van der Waals surface area contributed by atoms with Crippen LogP contribution in [0.25, 0.3) is 0 Å². The summed E-state index contributed by atoms with van der Waals surface area (Å²) >= 11 is 0. The van der Waals surface area contributed by atoms with E-state index in [0.29, 0.717) is 29.7 Å². The minimum atomic E-state index is -4.61. The summed E-state index contributed by atoms with van der Waals surface area (Å²) in [5.41, 5.74) is -0.265. The number of ether oxygens (including phenoxy) is 1. The summed E-state index contributed by atoms with van der Waals surface area (Å²) < 4.78 is 59.0. The summed E-state index contributed by atoms with van der Waals surface area (Å²) in [6.07, 6.45) is -3.97. The van der Waals surface area contributed by atoms with Gasteiger partial charge in [-0.15, -0.1) is 0 Å². The Morgan fingerprint density at radius 3 is 2.31 bits per heavy atom. The molecule has 0 spiro atoms. The van der Waals surface area contributed by atoms with Gasteiger partial charge in [-0.25, -0.2) is 4.39 Å². The molecule has 0 aliphatic heterocycles. The van der Waals surface area contributed by atoms with Crippen molar-refractivity contribution in [3.8, 4) is 11.5 Å². The van der Waals surface area contributed by atoms with Crippen molar-refractivity contribution in [1.29, 1.82) is 0 Å². The highest BCUT2D eigenvalue weighted by molar-refractivity contribution is 5.52. The molecule has 1 N–H and O–H groups in total. The predicted octanol–water partition coefficient (Wildman–Crippen LogP) is 6.80. The monoisotopic (exact) mass is 447 g/mol. The molecule has 0 saturated carbocycles. The van der Waals surface area contributed by atoms with Gasteiger partial charge in [0.2, 0.25) is 0 Å². The first-order valence-corrected chi connectivity index (χ1v) is 10.4. The molecule has 32 heavy (non-hydrogen) atoms. The van der Waals surface area contributed by atoms with Crippen molar-refractivity contribution >= 4 is 5.69 Å². The Morgan fingerprint density at radius 1 is 0.938 bits per heavy atom. The zero-order valence-corrected chi connectivity index (χ0v) is 17.6. The number of anilines is 1. The second-order valence-corrected chi connectivity index (χ2v) is 7.54. The molecule has 0 fully saturated rings. The van der Waals surface area contributed by atoms with E-state index in [1.165, 1.54) is 0 Å². The van der Waals surface area contributed by atoms with Gasteiger partial charge in [0.1, 0.15) is 17.3 Å². The topological polar surface area (TPSA) is 32.7 Å². The van der Waals surface area contributed by atoms with E-state index < -0.39 is 23.7 Å². The van der Waals surface area contributed by atoms with Crippen LogP contribution in [-0.4, -0.2) is 17.8 Å². The number of rotatable bonds is 9. The molecule has 3 aromatic carbocycles. The molecule has 3 aromatic rings. The molecule has 0 aliphatic carbocycles. The van der Waals surface area contributed by atoms with Gasteiger partial charge in [0.05, 0.1) is 11.7 Å². The molecule has 1 atom stereocenters. The largest absolute Gasteiger partial charge is 0.457 e. The highest BCUT2D eigenvalue weighted by Crippen LogP contribution is 2.31. The maximum absolute atomic E-state index is 14.5. The van der Waals surface area contributed by atoms with Crippen LogP contribution in [0.4, 0.5) is 23.2 Å². The Morgan fingerprint density at radius 2 is 1.66 bits per heavy atom.